The zero-order valence-electron chi connectivity index (χ0n) is 12.5. The molecule has 0 radical (unpaired) electrons. The highest BCUT2D eigenvalue weighted by molar-refractivity contribution is 5.16. The normalized spacial score (nSPS) is 33.4. The molecule has 0 bridgehead atoms. The molecule has 4 rings (SSSR count). The third kappa shape index (κ3) is 3.22. The SMILES string of the molecule is c1cncc(O[C@@H]2CO[C@]3(CCCN(CC4CC4)C3)C2)c1. The summed E-state index contributed by atoms with van der Waals surface area (Å²) in [6.45, 7) is 4.33. The largest absolute Gasteiger partial charge is 0.486 e. The Morgan fingerprint density at radius 1 is 1.43 bits per heavy atom. The lowest BCUT2D eigenvalue weighted by Gasteiger charge is -2.39. The summed E-state index contributed by atoms with van der Waals surface area (Å²) < 4.78 is 12.2. The zero-order chi connectivity index (χ0) is 14.1. The quantitative estimate of drug-likeness (QED) is 0.852. The molecule has 114 valence electrons. The Morgan fingerprint density at radius 2 is 2.38 bits per heavy atom. The van der Waals surface area contributed by atoms with Crippen molar-refractivity contribution in [3.63, 3.8) is 0 Å². The monoisotopic (exact) mass is 288 g/mol. The van der Waals surface area contributed by atoms with Crippen molar-refractivity contribution < 1.29 is 9.47 Å². The van der Waals surface area contributed by atoms with Gasteiger partial charge in [-0.3, -0.25) is 4.98 Å². The first kappa shape index (κ1) is 13.5. The van der Waals surface area contributed by atoms with Crippen LogP contribution in [0.5, 0.6) is 5.75 Å². The molecule has 1 aromatic heterocycles. The van der Waals surface area contributed by atoms with Gasteiger partial charge >= 0.3 is 0 Å². The summed E-state index contributed by atoms with van der Waals surface area (Å²) in [6.07, 6.45) is 10.0. The van der Waals surface area contributed by atoms with Crippen molar-refractivity contribution in [2.45, 2.75) is 43.8 Å². The van der Waals surface area contributed by atoms with Crippen molar-refractivity contribution in [1.82, 2.24) is 9.88 Å². The molecule has 4 heteroatoms. The highest BCUT2D eigenvalue weighted by Crippen LogP contribution is 2.38. The first-order valence-electron chi connectivity index (χ1n) is 8.24. The second kappa shape index (κ2) is 5.58. The van der Waals surface area contributed by atoms with E-state index in [-0.39, 0.29) is 11.7 Å². The molecule has 0 N–H and O–H groups in total. The molecule has 1 aromatic rings. The average Bonchev–Trinajstić information content (AvgIpc) is 3.23. The number of nitrogens with zero attached hydrogens (tertiary/aromatic N) is 2. The van der Waals surface area contributed by atoms with Crippen LogP contribution in [0, 0.1) is 5.92 Å². The third-order valence-electron chi connectivity index (χ3n) is 4.94. The predicted molar refractivity (Wildman–Crippen MR) is 80.4 cm³/mol. The van der Waals surface area contributed by atoms with E-state index in [0.717, 1.165) is 24.6 Å². The van der Waals surface area contributed by atoms with Crippen LogP contribution in [0.3, 0.4) is 0 Å². The Labute approximate surface area is 126 Å². The lowest BCUT2D eigenvalue weighted by Crippen LogP contribution is -2.48. The van der Waals surface area contributed by atoms with Crippen LogP contribution < -0.4 is 4.74 Å². The maximum atomic E-state index is 6.21. The Hall–Kier alpha value is -1.13. The molecule has 1 saturated carbocycles. The summed E-state index contributed by atoms with van der Waals surface area (Å²) in [5.74, 6) is 1.82. The van der Waals surface area contributed by atoms with Crippen molar-refractivity contribution in [1.29, 1.82) is 0 Å². The van der Waals surface area contributed by atoms with Gasteiger partial charge in [-0.05, 0) is 50.3 Å². The number of piperidine rings is 1. The van der Waals surface area contributed by atoms with Gasteiger partial charge < -0.3 is 14.4 Å². The first-order valence-corrected chi connectivity index (χ1v) is 8.24. The third-order valence-corrected chi connectivity index (χ3v) is 4.94. The van der Waals surface area contributed by atoms with Crippen LogP contribution in [-0.4, -0.2) is 47.8 Å². The van der Waals surface area contributed by atoms with E-state index in [9.17, 15) is 0 Å². The fraction of sp³-hybridized carbons (Fsp3) is 0.706. The van der Waals surface area contributed by atoms with Gasteiger partial charge in [-0.15, -0.1) is 0 Å². The fourth-order valence-electron chi connectivity index (χ4n) is 3.78. The van der Waals surface area contributed by atoms with Crippen LogP contribution in [0.4, 0.5) is 0 Å². The molecule has 1 aliphatic carbocycles. The lowest BCUT2D eigenvalue weighted by atomic mass is 9.89. The number of pyridine rings is 1. The number of aromatic nitrogens is 1. The minimum absolute atomic E-state index is 0.0417. The Bertz CT molecular complexity index is 477. The first-order chi connectivity index (χ1) is 10.3. The lowest BCUT2D eigenvalue weighted by molar-refractivity contribution is -0.0526. The molecule has 2 atom stereocenters. The minimum Gasteiger partial charge on any atom is -0.486 e. The second-order valence-electron chi connectivity index (χ2n) is 6.91. The zero-order valence-corrected chi connectivity index (χ0v) is 12.5. The summed E-state index contributed by atoms with van der Waals surface area (Å²) >= 11 is 0. The number of ether oxygens (including phenoxy) is 2. The van der Waals surface area contributed by atoms with E-state index in [0.29, 0.717) is 6.61 Å². The van der Waals surface area contributed by atoms with Gasteiger partial charge in [0.25, 0.3) is 0 Å². The van der Waals surface area contributed by atoms with E-state index < -0.39 is 0 Å². The van der Waals surface area contributed by atoms with Gasteiger partial charge in [-0.2, -0.15) is 0 Å². The van der Waals surface area contributed by atoms with Crippen molar-refractivity contribution in [3.05, 3.63) is 24.5 Å². The minimum atomic E-state index is 0.0417. The van der Waals surface area contributed by atoms with Gasteiger partial charge in [0.05, 0.1) is 18.4 Å². The van der Waals surface area contributed by atoms with E-state index >= 15 is 0 Å². The number of hydrogen-bond acceptors (Lipinski definition) is 4. The van der Waals surface area contributed by atoms with Crippen LogP contribution in [0.2, 0.25) is 0 Å². The van der Waals surface area contributed by atoms with Crippen molar-refractivity contribution >= 4 is 0 Å². The van der Waals surface area contributed by atoms with Gasteiger partial charge in [0, 0.05) is 25.7 Å². The molecule has 21 heavy (non-hydrogen) atoms. The van der Waals surface area contributed by atoms with Crippen LogP contribution in [0.1, 0.15) is 32.1 Å². The molecule has 1 spiro atoms. The van der Waals surface area contributed by atoms with Crippen molar-refractivity contribution in [2.24, 2.45) is 5.92 Å². The van der Waals surface area contributed by atoms with E-state index in [4.69, 9.17) is 9.47 Å². The molecule has 2 aliphatic heterocycles. The number of likely N-dealkylation sites (tertiary alicyclic amines) is 1. The molecular formula is C17H24N2O2. The van der Waals surface area contributed by atoms with Gasteiger partial charge in [-0.1, -0.05) is 0 Å². The molecule has 3 heterocycles. The second-order valence-corrected chi connectivity index (χ2v) is 6.91. The molecule has 0 unspecified atom stereocenters. The summed E-state index contributed by atoms with van der Waals surface area (Å²) in [5.41, 5.74) is 0.0417. The van der Waals surface area contributed by atoms with E-state index in [1.165, 1.54) is 38.8 Å². The molecule has 0 aromatic carbocycles. The number of rotatable bonds is 4. The summed E-state index contributed by atoms with van der Waals surface area (Å²) in [7, 11) is 0. The maximum absolute atomic E-state index is 6.21. The van der Waals surface area contributed by atoms with Gasteiger partial charge in [0.2, 0.25) is 0 Å². The van der Waals surface area contributed by atoms with Gasteiger partial charge in [0.1, 0.15) is 11.9 Å². The van der Waals surface area contributed by atoms with Crippen LogP contribution in [-0.2, 0) is 4.74 Å². The predicted octanol–water partition coefficient (Wildman–Crippen LogP) is 2.49. The topological polar surface area (TPSA) is 34.6 Å². The summed E-state index contributed by atoms with van der Waals surface area (Å²) in [6, 6.07) is 3.89. The maximum Gasteiger partial charge on any atom is 0.138 e. The fourth-order valence-corrected chi connectivity index (χ4v) is 3.78. The van der Waals surface area contributed by atoms with Gasteiger partial charge in [-0.25, -0.2) is 0 Å². The molecule has 3 aliphatic rings. The molecular weight excluding hydrogens is 264 g/mol. The Kier molecular flexibility index (Phi) is 3.59. The number of hydrogen-bond donors (Lipinski definition) is 0. The van der Waals surface area contributed by atoms with Crippen molar-refractivity contribution in [3.8, 4) is 5.75 Å². The standard InChI is InChI=1S/C17H24N2O2/c1-3-15(10-18-7-1)21-16-9-17(20-12-16)6-2-8-19(13-17)11-14-4-5-14/h1,3,7,10,14,16H,2,4-6,8-9,11-13H2/t16-,17+/m0/s1. The molecule has 0 amide bonds. The smallest absolute Gasteiger partial charge is 0.138 e. The highest BCUT2D eigenvalue weighted by Gasteiger charge is 2.45. The average molecular weight is 288 g/mol. The Balaban J connectivity index is 1.35. The van der Waals surface area contributed by atoms with Crippen molar-refractivity contribution in [2.75, 3.05) is 26.2 Å². The Morgan fingerprint density at radius 3 is 3.19 bits per heavy atom. The molecule has 3 fully saturated rings. The van der Waals surface area contributed by atoms with Crippen LogP contribution >= 0.6 is 0 Å². The molecule has 2 saturated heterocycles. The van der Waals surface area contributed by atoms with Crippen LogP contribution in [0.15, 0.2) is 24.5 Å². The van der Waals surface area contributed by atoms with E-state index in [1.807, 2.05) is 12.1 Å². The van der Waals surface area contributed by atoms with Gasteiger partial charge in [0.15, 0.2) is 0 Å². The summed E-state index contributed by atoms with van der Waals surface area (Å²) in [4.78, 5) is 6.73. The summed E-state index contributed by atoms with van der Waals surface area (Å²) in [5, 5.41) is 0. The van der Waals surface area contributed by atoms with E-state index in [1.54, 1.807) is 12.4 Å². The highest BCUT2D eigenvalue weighted by atomic mass is 16.6. The van der Waals surface area contributed by atoms with Crippen LogP contribution in [0.25, 0.3) is 0 Å². The van der Waals surface area contributed by atoms with E-state index in [2.05, 4.69) is 9.88 Å². The molecule has 4 nitrogen and oxygen atoms in total.